The molecule has 0 heterocycles. The number of rotatable bonds is 66. The molecule has 0 saturated carbocycles. The third-order valence-corrected chi connectivity index (χ3v) is 15.9. The zero-order valence-electron chi connectivity index (χ0n) is 54.8. The van der Waals surface area contributed by atoms with E-state index in [1.807, 2.05) is 0 Å². The quantitative estimate of drug-likeness (QED) is 0.0261. The van der Waals surface area contributed by atoms with Crippen LogP contribution >= 0.6 is 0 Å². The fraction of sp³-hybridized carbons (Fsp3) is 0.803. The van der Waals surface area contributed by atoms with E-state index in [-0.39, 0.29) is 31.1 Å². The number of allylic oxidation sites excluding steroid dienone is 12. The second kappa shape index (κ2) is 70.3. The highest BCUT2D eigenvalue weighted by Crippen LogP contribution is 2.18. The summed E-state index contributed by atoms with van der Waals surface area (Å²) in [7, 11) is 0. The molecule has 0 fully saturated rings. The number of carbonyl (C=O) groups excluding carboxylic acids is 3. The molecule has 0 aliphatic carbocycles. The maximum Gasteiger partial charge on any atom is 0.306 e. The first kappa shape index (κ1) is 78.8. The molecule has 0 aromatic rings. The Morgan fingerprint density at radius 1 is 0.244 bits per heavy atom. The Morgan fingerprint density at radius 2 is 0.439 bits per heavy atom. The summed E-state index contributed by atoms with van der Waals surface area (Å²) < 4.78 is 17.0. The van der Waals surface area contributed by atoms with Crippen molar-refractivity contribution in [2.45, 2.75) is 380 Å². The predicted octanol–water partition coefficient (Wildman–Crippen LogP) is 24.8. The number of carbonyl (C=O) groups is 3. The SMILES string of the molecule is CCCCCCC/C=C\C/C=C\C/C=C\CCCCCCCCCCCCC(=O)OCC(COC(=O)CCCCCCCCCCCCCCCCCCCC)OC(=O)CCCCCCCC/C=C\C/C=C\C/C=C\CCCCCCC. The van der Waals surface area contributed by atoms with Gasteiger partial charge in [-0.2, -0.15) is 0 Å². The highest BCUT2D eigenvalue weighted by Gasteiger charge is 2.19. The monoisotopic (exact) mass is 1150 g/mol. The lowest BCUT2D eigenvalue weighted by molar-refractivity contribution is -0.167. The fourth-order valence-electron chi connectivity index (χ4n) is 10.5. The minimum atomic E-state index is -0.785. The summed E-state index contributed by atoms with van der Waals surface area (Å²) in [5, 5.41) is 0. The summed E-state index contributed by atoms with van der Waals surface area (Å²) in [5.41, 5.74) is 0. The van der Waals surface area contributed by atoms with Gasteiger partial charge in [0.05, 0.1) is 0 Å². The van der Waals surface area contributed by atoms with Gasteiger partial charge in [0, 0.05) is 19.3 Å². The van der Waals surface area contributed by atoms with Crippen molar-refractivity contribution < 1.29 is 28.6 Å². The highest BCUT2D eigenvalue weighted by atomic mass is 16.6. The number of hydrogen-bond donors (Lipinski definition) is 0. The molecule has 0 N–H and O–H groups in total. The van der Waals surface area contributed by atoms with E-state index in [1.54, 1.807) is 0 Å². The van der Waals surface area contributed by atoms with Crippen molar-refractivity contribution in [2.75, 3.05) is 13.2 Å². The Kier molecular flexibility index (Phi) is 67.6. The molecule has 0 aliphatic rings. The lowest BCUT2D eigenvalue weighted by atomic mass is 10.0. The van der Waals surface area contributed by atoms with Gasteiger partial charge in [-0.1, -0.05) is 331 Å². The van der Waals surface area contributed by atoms with Crippen LogP contribution in [0.15, 0.2) is 72.9 Å². The molecule has 476 valence electrons. The van der Waals surface area contributed by atoms with Gasteiger partial charge < -0.3 is 14.2 Å². The van der Waals surface area contributed by atoms with Crippen molar-refractivity contribution in [1.29, 1.82) is 0 Å². The molecule has 0 spiro atoms. The zero-order chi connectivity index (χ0) is 59.2. The summed E-state index contributed by atoms with van der Waals surface area (Å²) in [6.45, 7) is 6.66. The Balaban J connectivity index is 4.37. The van der Waals surface area contributed by atoms with Crippen LogP contribution in [0.5, 0.6) is 0 Å². The van der Waals surface area contributed by atoms with Crippen LogP contribution in [0.3, 0.4) is 0 Å². The maximum absolute atomic E-state index is 13.0. The van der Waals surface area contributed by atoms with E-state index in [2.05, 4.69) is 93.7 Å². The minimum Gasteiger partial charge on any atom is -0.462 e. The molecule has 6 heteroatoms. The second-order valence-corrected chi connectivity index (χ2v) is 24.1. The Morgan fingerprint density at radius 3 is 0.683 bits per heavy atom. The van der Waals surface area contributed by atoms with E-state index in [0.29, 0.717) is 19.3 Å². The predicted molar refractivity (Wildman–Crippen MR) is 358 cm³/mol. The Labute approximate surface area is 510 Å². The summed E-state index contributed by atoms with van der Waals surface area (Å²) in [6, 6.07) is 0. The molecule has 0 radical (unpaired) electrons. The number of unbranched alkanes of at least 4 members (excludes halogenated alkanes) is 43. The summed E-state index contributed by atoms with van der Waals surface area (Å²) in [5.74, 6) is -0.872. The van der Waals surface area contributed by atoms with E-state index >= 15 is 0 Å². The highest BCUT2D eigenvalue weighted by molar-refractivity contribution is 5.71. The van der Waals surface area contributed by atoms with Crippen molar-refractivity contribution in [3.8, 4) is 0 Å². The van der Waals surface area contributed by atoms with Gasteiger partial charge in [0.2, 0.25) is 0 Å². The summed E-state index contributed by atoms with van der Waals surface area (Å²) in [4.78, 5) is 38.5. The molecule has 0 saturated heterocycles. The van der Waals surface area contributed by atoms with Crippen LogP contribution < -0.4 is 0 Å². The molecule has 0 bridgehead atoms. The van der Waals surface area contributed by atoms with Gasteiger partial charge in [0.15, 0.2) is 6.10 Å². The van der Waals surface area contributed by atoms with Crippen molar-refractivity contribution >= 4 is 17.9 Å². The van der Waals surface area contributed by atoms with E-state index in [0.717, 1.165) is 96.3 Å². The van der Waals surface area contributed by atoms with Gasteiger partial charge in [-0.15, -0.1) is 0 Å². The van der Waals surface area contributed by atoms with Crippen LogP contribution in [-0.4, -0.2) is 37.2 Å². The largest absolute Gasteiger partial charge is 0.462 e. The van der Waals surface area contributed by atoms with Gasteiger partial charge in [0.1, 0.15) is 13.2 Å². The molecular weight excluding hydrogens is 1010 g/mol. The summed E-state index contributed by atoms with van der Waals surface area (Å²) in [6.07, 6.45) is 92.0. The normalized spacial score (nSPS) is 12.5. The van der Waals surface area contributed by atoms with E-state index < -0.39 is 6.10 Å². The van der Waals surface area contributed by atoms with Crippen molar-refractivity contribution in [1.82, 2.24) is 0 Å². The third-order valence-electron chi connectivity index (χ3n) is 15.9. The van der Waals surface area contributed by atoms with E-state index in [1.165, 1.54) is 238 Å². The summed E-state index contributed by atoms with van der Waals surface area (Å²) >= 11 is 0. The van der Waals surface area contributed by atoms with Crippen molar-refractivity contribution in [3.05, 3.63) is 72.9 Å². The average Bonchev–Trinajstić information content (AvgIpc) is 3.47. The first-order chi connectivity index (χ1) is 40.5. The van der Waals surface area contributed by atoms with Crippen molar-refractivity contribution in [3.63, 3.8) is 0 Å². The van der Waals surface area contributed by atoms with Gasteiger partial charge in [-0.3, -0.25) is 14.4 Å². The van der Waals surface area contributed by atoms with Crippen LogP contribution in [-0.2, 0) is 28.6 Å². The lowest BCUT2D eigenvalue weighted by Crippen LogP contribution is -2.30. The molecular formula is C76H136O6. The van der Waals surface area contributed by atoms with Gasteiger partial charge in [-0.25, -0.2) is 0 Å². The molecule has 6 nitrogen and oxygen atoms in total. The van der Waals surface area contributed by atoms with Crippen LogP contribution in [0.2, 0.25) is 0 Å². The van der Waals surface area contributed by atoms with E-state index in [9.17, 15) is 14.4 Å². The molecule has 1 unspecified atom stereocenters. The number of ether oxygens (including phenoxy) is 3. The molecule has 82 heavy (non-hydrogen) atoms. The number of esters is 3. The van der Waals surface area contributed by atoms with Crippen LogP contribution in [0.1, 0.15) is 374 Å². The smallest absolute Gasteiger partial charge is 0.306 e. The fourth-order valence-corrected chi connectivity index (χ4v) is 10.5. The zero-order valence-corrected chi connectivity index (χ0v) is 54.8. The van der Waals surface area contributed by atoms with Gasteiger partial charge in [-0.05, 0) is 96.3 Å². The Hall–Kier alpha value is -3.15. The Bertz CT molecular complexity index is 1500. The minimum absolute atomic E-state index is 0.0784. The molecule has 0 aromatic heterocycles. The lowest BCUT2D eigenvalue weighted by Gasteiger charge is -2.18. The topological polar surface area (TPSA) is 78.9 Å². The molecule has 0 aliphatic heterocycles. The average molecular weight is 1150 g/mol. The van der Waals surface area contributed by atoms with Crippen LogP contribution in [0.25, 0.3) is 0 Å². The van der Waals surface area contributed by atoms with Gasteiger partial charge >= 0.3 is 17.9 Å². The molecule has 0 aromatic carbocycles. The number of hydrogen-bond acceptors (Lipinski definition) is 6. The molecule has 0 rings (SSSR count). The molecule has 1 atom stereocenters. The maximum atomic E-state index is 13.0. The van der Waals surface area contributed by atoms with Crippen LogP contribution in [0.4, 0.5) is 0 Å². The second-order valence-electron chi connectivity index (χ2n) is 24.1. The third kappa shape index (κ3) is 67.6. The van der Waals surface area contributed by atoms with E-state index in [4.69, 9.17) is 14.2 Å². The first-order valence-electron chi connectivity index (χ1n) is 35.9. The molecule has 0 amide bonds. The standard InChI is InChI=1S/C76H136O6/c1-4-7-10-13-16-19-22-25-28-31-34-36-37-38-39-41-42-45-48-51-54-57-60-63-66-69-75(78)81-72-73(71-80-74(77)68-65-62-59-56-53-50-47-44-33-30-27-24-21-18-15-12-9-6-3)82-76(79)70-67-64-61-58-55-52-49-46-43-40-35-32-29-26-23-20-17-14-11-8-5-2/h22-23,25-26,31-32,34-35,37-38,43,46,73H,4-21,24,27-30,33,36,39-42,44-45,47-72H2,1-3H3/b25-22-,26-23-,34-31-,35-32-,38-37-,46-43-. The van der Waals surface area contributed by atoms with Gasteiger partial charge in [0.25, 0.3) is 0 Å². The first-order valence-corrected chi connectivity index (χ1v) is 35.9. The van der Waals surface area contributed by atoms with Crippen molar-refractivity contribution in [2.24, 2.45) is 0 Å². The van der Waals surface area contributed by atoms with Crippen LogP contribution in [0, 0.1) is 0 Å².